The van der Waals surface area contributed by atoms with Gasteiger partial charge in [-0.3, -0.25) is 4.79 Å². The molecule has 1 aromatic rings. The summed E-state index contributed by atoms with van der Waals surface area (Å²) in [5.74, 6) is -0.274. The Balaban J connectivity index is 2.23. The summed E-state index contributed by atoms with van der Waals surface area (Å²) in [7, 11) is 3.59. The van der Waals surface area contributed by atoms with Crippen molar-refractivity contribution in [1.29, 1.82) is 0 Å². The fourth-order valence-corrected chi connectivity index (χ4v) is 2.41. The summed E-state index contributed by atoms with van der Waals surface area (Å²) < 4.78 is 5.13. The van der Waals surface area contributed by atoms with Gasteiger partial charge in [0.25, 0.3) is 0 Å². The number of nitrogens with zero attached hydrogens (tertiary/aromatic N) is 1. The maximum absolute atomic E-state index is 11.4. The van der Waals surface area contributed by atoms with Gasteiger partial charge < -0.3 is 14.7 Å². The number of methoxy groups -OCH3 is 1. The first-order valence-electron chi connectivity index (χ1n) is 5.67. The number of hydrogen-bond acceptors (Lipinski definition) is 3. The Labute approximate surface area is 101 Å². The molecule has 1 aliphatic heterocycles. The number of carboxylic acids is 1. The van der Waals surface area contributed by atoms with E-state index in [9.17, 15) is 9.90 Å². The highest BCUT2D eigenvalue weighted by Crippen LogP contribution is 2.32. The fourth-order valence-electron chi connectivity index (χ4n) is 2.41. The van der Waals surface area contributed by atoms with E-state index in [2.05, 4.69) is 4.90 Å². The number of rotatable bonds is 4. The normalized spacial score (nSPS) is 18.5. The molecule has 0 aromatic heterocycles. The molecule has 4 heteroatoms. The van der Waals surface area contributed by atoms with Crippen LogP contribution in [0.5, 0.6) is 5.75 Å². The molecule has 1 aliphatic rings. The summed E-state index contributed by atoms with van der Waals surface area (Å²) in [6.45, 7) is 1.68. The SMILES string of the molecule is COc1cccc(C(C(=O)O)C2CN(C)C2)c1. The first-order chi connectivity index (χ1) is 8.11. The summed E-state index contributed by atoms with van der Waals surface area (Å²) in [5.41, 5.74) is 0.829. The smallest absolute Gasteiger partial charge is 0.311 e. The Hall–Kier alpha value is -1.55. The van der Waals surface area contributed by atoms with Crippen LogP contribution in [-0.2, 0) is 4.79 Å². The lowest BCUT2D eigenvalue weighted by Gasteiger charge is -2.39. The van der Waals surface area contributed by atoms with Crippen molar-refractivity contribution in [3.05, 3.63) is 29.8 Å². The Morgan fingerprint density at radius 2 is 2.24 bits per heavy atom. The number of benzene rings is 1. The lowest BCUT2D eigenvalue weighted by atomic mass is 9.81. The molecule has 0 saturated carbocycles. The van der Waals surface area contributed by atoms with Crippen molar-refractivity contribution in [1.82, 2.24) is 4.90 Å². The standard InChI is InChI=1S/C13H17NO3/c1-14-7-10(8-14)12(13(15)16)9-4-3-5-11(6-9)17-2/h3-6,10,12H,7-8H2,1-2H3,(H,15,16). The third-order valence-electron chi connectivity index (χ3n) is 3.28. The van der Waals surface area contributed by atoms with Crippen molar-refractivity contribution in [2.24, 2.45) is 5.92 Å². The average molecular weight is 235 g/mol. The fraction of sp³-hybridized carbons (Fsp3) is 0.462. The van der Waals surface area contributed by atoms with Crippen LogP contribution in [0.1, 0.15) is 11.5 Å². The van der Waals surface area contributed by atoms with Gasteiger partial charge in [0.1, 0.15) is 5.75 Å². The number of hydrogen-bond donors (Lipinski definition) is 1. The third kappa shape index (κ3) is 2.42. The molecule has 0 aliphatic carbocycles. The van der Waals surface area contributed by atoms with Crippen LogP contribution in [-0.4, -0.2) is 43.2 Å². The second kappa shape index (κ2) is 4.75. The zero-order valence-electron chi connectivity index (χ0n) is 10.1. The van der Waals surface area contributed by atoms with Gasteiger partial charge in [-0.2, -0.15) is 0 Å². The molecule has 1 heterocycles. The summed E-state index contributed by atoms with van der Waals surface area (Å²) in [4.78, 5) is 13.5. The van der Waals surface area contributed by atoms with Crippen LogP contribution in [0.4, 0.5) is 0 Å². The molecule has 0 radical (unpaired) electrons. The van der Waals surface area contributed by atoms with Crippen LogP contribution in [0.2, 0.25) is 0 Å². The molecule has 92 valence electrons. The van der Waals surface area contributed by atoms with Crippen molar-refractivity contribution < 1.29 is 14.6 Å². The number of likely N-dealkylation sites (tertiary alicyclic amines) is 1. The highest BCUT2D eigenvalue weighted by atomic mass is 16.5. The minimum absolute atomic E-state index is 0.199. The van der Waals surface area contributed by atoms with Gasteiger partial charge in [-0.05, 0) is 24.7 Å². The minimum atomic E-state index is -0.753. The van der Waals surface area contributed by atoms with Gasteiger partial charge in [0.15, 0.2) is 0 Å². The van der Waals surface area contributed by atoms with Gasteiger partial charge >= 0.3 is 5.97 Å². The van der Waals surface area contributed by atoms with Gasteiger partial charge in [-0.25, -0.2) is 0 Å². The van der Waals surface area contributed by atoms with Crippen molar-refractivity contribution in [3.8, 4) is 5.75 Å². The molecule has 0 spiro atoms. The van der Waals surface area contributed by atoms with E-state index in [1.54, 1.807) is 7.11 Å². The highest BCUT2D eigenvalue weighted by Gasteiger charge is 2.36. The second-order valence-electron chi connectivity index (χ2n) is 4.57. The Morgan fingerprint density at radius 3 is 2.76 bits per heavy atom. The van der Waals surface area contributed by atoms with E-state index in [4.69, 9.17) is 4.74 Å². The van der Waals surface area contributed by atoms with E-state index in [-0.39, 0.29) is 5.92 Å². The molecule has 1 N–H and O–H groups in total. The van der Waals surface area contributed by atoms with Crippen molar-refractivity contribution >= 4 is 5.97 Å². The average Bonchev–Trinajstić information content (AvgIpc) is 2.27. The van der Waals surface area contributed by atoms with E-state index in [1.807, 2.05) is 31.3 Å². The van der Waals surface area contributed by atoms with Crippen LogP contribution >= 0.6 is 0 Å². The van der Waals surface area contributed by atoms with Crippen LogP contribution in [0.3, 0.4) is 0 Å². The Kier molecular flexibility index (Phi) is 3.33. The van der Waals surface area contributed by atoms with Gasteiger partial charge in [-0.1, -0.05) is 12.1 Å². The second-order valence-corrected chi connectivity index (χ2v) is 4.57. The summed E-state index contributed by atoms with van der Waals surface area (Å²) >= 11 is 0. The summed E-state index contributed by atoms with van der Waals surface area (Å²) in [6, 6.07) is 7.35. The van der Waals surface area contributed by atoms with Crippen LogP contribution in [0.25, 0.3) is 0 Å². The van der Waals surface area contributed by atoms with Crippen molar-refractivity contribution in [2.75, 3.05) is 27.2 Å². The molecule has 0 amide bonds. The molecule has 1 aromatic carbocycles. The zero-order valence-corrected chi connectivity index (χ0v) is 10.1. The minimum Gasteiger partial charge on any atom is -0.497 e. The molecule has 1 atom stereocenters. The molecule has 17 heavy (non-hydrogen) atoms. The van der Waals surface area contributed by atoms with Gasteiger partial charge in [0.05, 0.1) is 13.0 Å². The molecule has 1 fully saturated rings. The predicted octanol–water partition coefficient (Wildman–Crippen LogP) is 1.42. The maximum Gasteiger partial charge on any atom is 0.311 e. The van der Waals surface area contributed by atoms with E-state index in [0.29, 0.717) is 5.75 Å². The van der Waals surface area contributed by atoms with E-state index in [0.717, 1.165) is 18.7 Å². The first kappa shape index (κ1) is 11.9. The topological polar surface area (TPSA) is 49.8 Å². The van der Waals surface area contributed by atoms with Crippen LogP contribution in [0.15, 0.2) is 24.3 Å². The molecule has 1 unspecified atom stereocenters. The van der Waals surface area contributed by atoms with Gasteiger partial charge in [0, 0.05) is 19.0 Å². The lowest BCUT2D eigenvalue weighted by molar-refractivity contribution is -0.141. The van der Waals surface area contributed by atoms with E-state index >= 15 is 0 Å². The lowest BCUT2D eigenvalue weighted by Crippen LogP contribution is -2.48. The number of ether oxygens (including phenoxy) is 1. The summed E-state index contributed by atoms with van der Waals surface area (Å²) in [6.07, 6.45) is 0. The molecule has 4 nitrogen and oxygen atoms in total. The van der Waals surface area contributed by atoms with Gasteiger partial charge in [0.2, 0.25) is 0 Å². The highest BCUT2D eigenvalue weighted by molar-refractivity contribution is 5.77. The maximum atomic E-state index is 11.4. The van der Waals surface area contributed by atoms with E-state index in [1.165, 1.54) is 0 Å². The molecule has 1 saturated heterocycles. The van der Waals surface area contributed by atoms with Crippen molar-refractivity contribution in [2.45, 2.75) is 5.92 Å². The molecule has 2 rings (SSSR count). The van der Waals surface area contributed by atoms with E-state index < -0.39 is 11.9 Å². The third-order valence-corrected chi connectivity index (χ3v) is 3.28. The van der Waals surface area contributed by atoms with Crippen LogP contribution in [0, 0.1) is 5.92 Å². The zero-order chi connectivity index (χ0) is 12.4. The Bertz CT molecular complexity index is 413. The van der Waals surface area contributed by atoms with Gasteiger partial charge in [-0.15, -0.1) is 0 Å². The number of aliphatic carboxylic acids is 1. The molecular weight excluding hydrogens is 218 g/mol. The quantitative estimate of drug-likeness (QED) is 0.857. The predicted molar refractivity (Wildman–Crippen MR) is 64.4 cm³/mol. The van der Waals surface area contributed by atoms with Crippen molar-refractivity contribution in [3.63, 3.8) is 0 Å². The first-order valence-corrected chi connectivity index (χ1v) is 5.67. The Morgan fingerprint density at radius 1 is 1.53 bits per heavy atom. The van der Waals surface area contributed by atoms with Crippen LogP contribution < -0.4 is 4.74 Å². The number of carboxylic acid groups (broad SMARTS) is 1. The molecule has 0 bridgehead atoms. The number of carbonyl (C=O) groups is 1. The molecular formula is C13H17NO3. The summed E-state index contributed by atoms with van der Waals surface area (Å²) in [5, 5.41) is 9.35. The monoisotopic (exact) mass is 235 g/mol. The largest absolute Gasteiger partial charge is 0.497 e.